The van der Waals surface area contributed by atoms with Crippen LogP contribution >= 0.6 is 0 Å². The van der Waals surface area contributed by atoms with Crippen LogP contribution in [0, 0.1) is 5.92 Å². The Hall–Kier alpha value is -3.23. The molecule has 0 radical (unpaired) electrons. The van der Waals surface area contributed by atoms with Gasteiger partial charge in [0.25, 0.3) is 0 Å². The van der Waals surface area contributed by atoms with E-state index in [1.807, 2.05) is 35.2 Å². The molecule has 2 amide bonds. The van der Waals surface area contributed by atoms with Gasteiger partial charge in [0.05, 0.1) is 6.54 Å². The van der Waals surface area contributed by atoms with Gasteiger partial charge in [0.1, 0.15) is 5.75 Å². The number of anilines is 2. The molecular weight excluding hydrogens is 435 g/mol. The highest BCUT2D eigenvalue weighted by Crippen LogP contribution is 2.33. The van der Waals surface area contributed by atoms with Crippen molar-refractivity contribution in [3.05, 3.63) is 54.1 Å². The van der Waals surface area contributed by atoms with Crippen LogP contribution in [0.2, 0.25) is 0 Å². The molecule has 0 aliphatic carbocycles. The molecule has 2 aromatic rings. The SMILES string of the molecule is O=C(Nc1ccccc1)C1CCN(C(=O)CN2CCCc3cc(OC(F)(F)F)ccc32)CC1. The van der Waals surface area contributed by atoms with Crippen LogP contribution in [0.5, 0.6) is 5.75 Å². The molecule has 0 atom stereocenters. The number of carbonyl (C=O) groups is 2. The highest BCUT2D eigenvalue weighted by atomic mass is 19.4. The van der Waals surface area contributed by atoms with Crippen molar-refractivity contribution in [2.45, 2.75) is 32.0 Å². The van der Waals surface area contributed by atoms with Gasteiger partial charge in [-0.15, -0.1) is 13.2 Å². The van der Waals surface area contributed by atoms with Crippen LogP contribution in [0.15, 0.2) is 48.5 Å². The monoisotopic (exact) mass is 461 g/mol. The number of nitrogens with zero attached hydrogens (tertiary/aromatic N) is 2. The average molecular weight is 461 g/mol. The number of aryl methyl sites for hydroxylation is 1. The molecule has 33 heavy (non-hydrogen) atoms. The van der Waals surface area contributed by atoms with Gasteiger partial charge in [0.15, 0.2) is 0 Å². The maximum Gasteiger partial charge on any atom is 0.573 e. The van der Waals surface area contributed by atoms with Gasteiger partial charge < -0.3 is 19.9 Å². The summed E-state index contributed by atoms with van der Waals surface area (Å²) in [6, 6.07) is 13.6. The number of halogens is 3. The summed E-state index contributed by atoms with van der Waals surface area (Å²) in [5, 5.41) is 2.92. The highest BCUT2D eigenvalue weighted by molar-refractivity contribution is 5.92. The molecule has 4 rings (SSSR count). The van der Waals surface area contributed by atoms with Crippen LogP contribution < -0.4 is 15.0 Å². The van der Waals surface area contributed by atoms with Gasteiger partial charge in [0.2, 0.25) is 11.8 Å². The van der Waals surface area contributed by atoms with Gasteiger partial charge in [-0.1, -0.05) is 18.2 Å². The smallest absolute Gasteiger partial charge is 0.406 e. The Labute approximate surface area is 190 Å². The Morgan fingerprint density at radius 1 is 1.03 bits per heavy atom. The van der Waals surface area contributed by atoms with Crippen LogP contribution in [0.1, 0.15) is 24.8 Å². The van der Waals surface area contributed by atoms with Crippen LogP contribution in [0.4, 0.5) is 24.5 Å². The van der Waals surface area contributed by atoms with E-state index in [0.717, 1.165) is 23.4 Å². The second-order valence-corrected chi connectivity index (χ2v) is 8.37. The average Bonchev–Trinajstić information content (AvgIpc) is 2.79. The van der Waals surface area contributed by atoms with Gasteiger partial charge in [-0.05, 0) is 61.6 Å². The first-order valence-corrected chi connectivity index (χ1v) is 11.1. The fourth-order valence-electron chi connectivity index (χ4n) is 4.43. The number of amides is 2. The molecule has 0 spiro atoms. The summed E-state index contributed by atoms with van der Waals surface area (Å²) in [5.74, 6) is -0.460. The molecule has 1 N–H and O–H groups in total. The topological polar surface area (TPSA) is 61.9 Å². The molecule has 2 aromatic carbocycles. The second-order valence-electron chi connectivity index (χ2n) is 8.37. The minimum absolute atomic E-state index is 0.0323. The van der Waals surface area contributed by atoms with E-state index >= 15 is 0 Å². The molecule has 2 heterocycles. The molecule has 6 nitrogen and oxygen atoms in total. The molecular formula is C24H26F3N3O3. The number of carbonyl (C=O) groups excluding carboxylic acids is 2. The lowest BCUT2D eigenvalue weighted by atomic mass is 9.95. The Bertz CT molecular complexity index is 989. The predicted octanol–water partition coefficient (Wildman–Crippen LogP) is 4.22. The van der Waals surface area contributed by atoms with Crippen molar-refractivity contribution in [1.82, 2.24) is 4.90 Å². The summed E-state index contributed by atoms with van der Waals surface area (Å²) in [6.45, 7) is 1.83. The van der Waals surface area contributed by atoms with E-state index in [9.17, 15) is 22.8 Å². The first-order chi connectivity index (χ1) is 15.8. The number of likely N-dealkylation sites (tertiary alicyclic amines) is 1. The van der Waals surface area contributed by atoms with Crippen LogP contribution in [0.3, 0.4) is 0 Å². The Balaban J connectivity index is 1.31. The maximum absolute atomic E-state index is 12.9. The molecule has 0 saturated carbocycles. The summed E-state index contributed by atoms with van der Waals surface area (Å²) in [4.78, 5) is 29.1. The summed E-state index contributed by atoms with van der Waals surface area (Å²) < 4.78 is 41.5. The normalized spacial score (nSPS) is 16.8. The summed E-state index contributed by atoms with van der Waals surface area (Å²) >= 11 is 0. The fraction of sp³-hybridized carbons (Fsp3) is 0.417. The van der Waals surface area contributed by atoms with Crippen molar-refractivity contribution in [3.63, 3.8) is 0 Å². The molecule has 9 heteroatoms. The quantitative estimate of drug-likeness (QED) is 0.725. The molecule has 1 fully saturated rings. The zero-order chi connectivity index (χ0) is 23.4. The van der Waals surface area contributed by atoms with E-state index < -0.39 is 6.36 Å². The van der Waals surface area contributed by atoms with Crippen molar-refractivity contribution in [1.29, 1.82) is 0 Å². The lowest BCUT2D eigenvalue weighted by molar-refractivity contribution is -0.274. The van der Waals surface area contributed by atoms with Crippen molar-refractivity contribution in [2.24, 2.45) is 5.92 Å². The summed E-state index contributed by atoms with van der Waals surface area (Å²) in [5.41, 5.74) is 2.27. The number of rotatable bonds is 5. The predicted molar refractivity (Wildman–Crippen MR) is 118 cm³/mol. The van der Waals surface area contributed by atoms with Crippen LogP contribution in [-0.4, -0.2) is 49.3 Å². The van der Waals surface area contributed by atoms with E-state index in [0.29, 0.717) is 38.9 Å². The van der Waals surface area contributed by atoms with E-state index in [2.05, 4.69) is 10.1 Å². The van der Waals surface area contributed by atoms with Crippen LogP contribution in [-0.2, 0) is 16.0 Å². The largest absolute Gasteiger partial charge is 0.573 e. The third-order valence-corrected chi connectivity index (χ3v) is 6.09. The lowest BCUT2D eigenvalue weighted by Gasteiger charge is -2.35. The molecule has 2 aliphatic heterocycles. The minimum atomic E-state index is -4.73. The second kappa shape index (κ2) is 9.72. The van der Waals surface area contributed by atoms with Gasteiger partial charge in [-0.2, -0.15) is 0 Å². The van der Waals surface area contributed by atoms with Crippen molar-refractivity contribution in [2.75, 3.05) is 36.4 Å². The fourth-order valence-corrected chi connectivity index (χ4v) is 4.43. The van der Waals surface area contributed by atoms with Gasteiger partial charge in [-0.3, -0.25) is 9.59 Å². The van der Waals surface area contributed by atoms with E-state index in [1.54, 1.807) is 11.0 Å². The minimum Gasteiger partial charge on any atom is -0.406 e. The molecule has 0 aromatic heterocycles. The number of para-hydroxylation sites is 1. The third kappa shape index (κ3) is 5.97. The number of piperidine rings is 1. The van der Waals surface area contributed by atoms with Crippen molar-refractivity contribution >= 4 is 23.2 Å². The highest BCUT2D eigenvalue weighted by Gasteiger charge is 2.32. The molecule has 176 valence electrons. The number of alkyl halides is 3. The number of fused-ring (bicyclic) bond motifs is 1. The van der Waals surface area contributed by atoms with Crippen LogP contribution in [0.25, 0.3) is 0 Å². The van der Waals surface area contributed by atoms with Gasteiger partial charge >= 0.3 is 6.36 Å². The van der Waals surface area contributed by atoms with E-state index in [-0.39, 0.29) is 30.0 Å². The number of benzene rings is 2. The van der Waals surface area contributed by atoms with Crippen molar-refractivity contribution in [3.8, 4) is 5.75 Å². The Morgan fingerprint density at radius 3 is 2.45 bits per heavy atom. The summed E-state index contributed by atoms with van der Waals surface area (Å²) in [6.07, 6.45) is -2.16. The zero-order valence-corrected chi connectivity index (χ0v) is 18.1. The van der Waals surface area contributed by atoms with Crippen molar-refractivity contribution < 1.29 is 27.5 Å². The standard InChI is InChI=1S/C24H26F3N3O3/c25-24(26,27)33-20-8-9-21-18(15-20)5-4-12-30(21)16-22(31)29-13-10-17(11-14-29)23(32)28-19-6-2-1-3-7-19/h1-3,6-9,15,17H,4-5,10-14,16H2,(H,28,32). The first-order valence-electron chi connectivity index (χ1n) is 11.1. The van der Waals surface area contributed by atoms with Gasteiger partial charge in [0, 0.05) is 36.9 Å². The number of nitrogens with one attached hydrogen (secondary N) is 1. The lowest BCUT2D eigenvalue weighted by Crippen LogP contribution is -2.46. The summed E-state index contributed by atoms with van der Waals surface area (Å²) in [7, 11) is 0. The number of hydrogen-bond acceptors (Lipinski definition) is 4. The van der Waals surface area contributed by atoms with Gasteiger partial charge in [-0.25, -0.2) is 0 Å². The van der Waals surface area contributed by atoms with E-state index in [1.165, 1.54) is 12.1 Å². The van der Waals surface area contributed by atoms with E-state index in [4.69, 9.17) is 0 Å². The zero-order valence-electron chi connectivity index (χ0n) is 18.1. The Kier molecular flexibility index (Phi) is 6.76. The molecule has 0 unspecified atom stereocenters. The number of ether oxygens (including phenoxy) is 1. The molecule has 1 saturated heterocycles. The third-order valence-electron chi connectivity index (χ3n) is 6.09. The molecule has 0 bridgehead atoms. The first kappa shape index (κ1) is 22.9. The number of hydrogen-bond donors (Lipinski definition) is 1. The maximum atomic E-state index is 12.9. The molecule has 2 aliphatic rings. The Morgan fingerprint density at radius 2 is 1.76 bits per heavy atom.